The predicted octanol–water partition coefficient (Wildman–Crippen LogP) is 1.49. The number of aliphatic hydroxyl groups excluding tert-OH is 1. The normalized spacial score (nSPS) is 10.8. The molecule has 0 atom stereocenters. The maximum Gasteiger partial charge on any atom is 0.126 e. The van der Waals surface area contributed by atoms with Crippen LogP contribution in [0.15, 0.2) is 6.07 Å². The fraction of sp³-hybridized carbons (Fsp3) is 0.500. The van der Waals surface area contributed by atoms with Gasteiger partial charge in [0.05, 0.1) is 19.8 Å². The van der Waals surface area contributed by atoms with Gasteiger partial charge in [-0.3, -0.25) is 0 Å². The highest BCUT2D eigenvalue weighted by molar-refractivity contribution is 5.49. The molecule has 0 aliphatic heterocycles. The van der Waals surface area contributed by atoms with Crippen LogP contribution in [-0.4, -0.2) is 24.4 Å². The maximum atomic E-state index is 10.0. The van der Waals surface area contributed by atoms with E-state index in [0.29, 0.717) is 17.7 Å². The summed E-state index contributed by atoms with van der Waals surface area (Å²) in [5, 5.41) is 19.3. The van der Waals surface area contributed by atoms with Crippen molar-refractivity contribution in [2.75, 3.05) is 14.2 Å². The largest absolute Gasteiger partial charge is 0.507 e. The van der Waals surface area contributed by atoms with Gasteiger partial charge >= 0.3 is 0 Å². The molecule has 0 aromatic heterocycles. The van der Waals surface area contributed by atoms with Crippen LogP contribution < -0.4 is 0 Å². The highest BCUT2D eigenvalue weighted by atomic mass is 16.5. The Balaban J connectivity index is 3.27. The summed E-state index contributed by atoms with van der Waals surface area (Å²) >= 11 is 0. The van der Waals surface area contributed by atoms with Crippen LogP contribution in [0.4, 0.5) is 0 Å². The quantitative estimate of drug-likeness (QED) is 0.798. The number of benzene rings is 1. The average Bonchev–Trinajstić information content (AvgIpc) is 2.26. The molecule has 0 fully saturated rings. The minimum atomic E-state index is -0.106. The van der Waals surface area contributed by atoms with E-state index >= 15 is 0 Å². The molecule has 0 saturated heterocycles. The Kier molecular flexibility index (Phi) is 4.73. The van der Waals surface area contributed by atoms with Gasteiger partial charge in [-0.15, -0.1) is 0 Å². The van der Waals surface area contributed by atoms with Gasteiger partial charge in [0, 0.05) is 25.3 Å². The molecule has 0 aliphatic carbocycles. The van der Waals surface area contributed by atoms with E-state index in [4.69, 9.17) is 9.47 Å². The Morgan fingerprint density at radius 2 is 1.75 bits per heavy atom. The zero-order valence-corrected chi connectivity index (χ0v) is 9.91. The summed E-state index contributed by atoms with van der Waals surface area (Å²) in [5.74, 6) is 0.151. The van der Waals surface area contributed by atoms with Gasteiger partial charge in [0.25, 0.3) is 0 Å². The Bertz CT molecular complexity index is 361. The number of hydrogen-bond acceptors (Lipinski definition) is 4. The van der Waals surface area contributed by atoms with Crippen LogP contribution in [0.1, 0.15) is 22.3 Å². The first kappa shape index (κ1) is 13.0. The fourth-order valence-corrected chi connectivity index (χ4v) is 1.78. The zero-order chi connectivity index (χ0) is 12.1. The van der Waals surface area contributed by atoms with Crippen LogP contribution in [0.2, 0.25) is 0 Å². The number of ether oxygens (including phenoxy) is 2. The smallest absolute Gasteiger partial charge is 0.126 e. The summed E-state index contributed by atoms with van der Waals surface area (Å²) in [7, 11) is 3.13. The van der Waals surface area contributed by atoms with Crippen molar-refractivity contribution in [2.24, 2.45) is 0 Å². The summed E-state index contributed by atoms with van der Waals surface area (Å²) in [6, 6.07) is 1.82. The molecule has 0 bridgehead atoms. The molecule has 0 saturated carbocycles. The third-order valence-electron chi connectivity index (χ3n) is 2.57. The second-order valence-electron chi connectivity index (χ2n) is 3.68. The van der Waals surface area contributed by atoms with Crippen molar-refractivity contribution in [1.82, 2.24) is 0 Å². The minimum absolute atomic E-state index is 0.106. The van der Waals surface area contributed by atoms with Gasteiger partial charge in [0.15, 0.2) is 0 Å². The van der Waals surface area contributed by atoms with E-state index in [1.54, 1.807) is 14.2 Å². The zero-order valence-electron chi connectivity index (χ0n) is 9.91. The number of aryl methyl sites for hydroxylation is 1. The molecule has 0 heterocycles. The van der Waals surface area contributed by atoms with Gasteiger partial charge in [-0.25, -0.2) is 0 Å². The van der Waals surface area contributed by atoms with Crippen LogP contribution in [0.5, 0.6) is 5.75 Å². The van der Waals surface area contributed by atoms with Crippen molar-refractivity contribution in [1.29, 1.82) is 0 Å². The summed E-state index contributed by atoms with van der Waals surface area (Å²) in [5.41, 5.74) is 3.00. The third-order valence-corrected chi connectivity index (χ3v) is 2.57. The standard InChI is InChI=1S/C12H18O4/c1-8-4-9(6-15-2)12(14)11(7-16-3)10(8)5-13/h4,13-14H,5-7H2,1-3H3. The lowest BCUT2D eigenvalue weighted by Gasteiger charge is -2.15. The summed E-state index contributed by atoms with van der Waals surface area (Å²) in [6.45, 7) is 2.41. The second-order valence-corrected chi connectivity index (χ2v) is 3.68. The molecule has 0 aliphatic rings. The molecule has 90 valence electrons. The lowest BCUT2D eigenvalue weighted by Crippen LogP contribution is -2.03. The maximum absolute atomic E-state index is 10.0. The fourth-order valence-electron chi connectivity index (χ4n) is 1.78. The van der Waals surface area contributed by atoms with E-state index in [1.807, 2.05) is 13.0 Å². The van der Waals surface area contributed by atoms with E-state index in [1.165, 1.54) is 0 Å². The third kappa shape index (κ3) is 2.52. The van der Waals surface area contributed by atoms with Crippen molar-refractivity contribution in [3.63, 3.8) is 0 Å². The first-order valence-corrected chi connectivity index (χ1v) is 5.07. The van der Waals surface area contributed by atoms with Crippen molar-refractivity contribution < 1.29 is 19.7 Å². The molecule has 1 rings (SSSR count). The monoisotopic (exact) mass is 226 g/mol. The molecule has 0 unspecified atom stereocenters. The molecule has 0 radical (unpaired) electrons. The first-order valence-electron chi connectivity index (χ1n) is 5.07. The van der Waals surface area contributed by atoms with Crippen molar-refractivity contribution >= 4 is 0 Å². The van der Waals surface area contributed by atoms with E-state index in [-0.39, 0.29) is 19.0 Å². The van der Waals surface area contributed by atoms with Gasteiger partial charge in [-0.1, -0.05) is 0 Å². The van der Waals surface area contributed by atoms with E-state index in [0.717, 1.165) is 11.1 Å². The first-order chi connectivity index (χ1) is 7.65. The van der Waals surface area contributed by atoms with Gasteiger partial charge in [0.2, 0.25) is 0 Å². The van der Waals surface area contributed by atoms with Crippen molar-refractivity contribution in [3.05, 3.63) is 28.3 Å². The summed E-state index contributed by atoms with van der Waals surface area (Å²) < 4.78 is 10.0. The molecule has 4 nitrogen and oxygen atoms in total. The molecule has 2 N–H and O–H groups in total. The molecule has 0 amide bonds. The molecule has 1 aromatic carbocycles. The van der Waals surface area contributed by atoms with Crippen LogP contribution in [0.3, 0.4) is 0 Å². The SMILES string of the molecule is COCc1cc(C)c(CO)c(COC)c1O. The van der Waals surface area contributed by atoms with Crippen LogP contribution >= 0.6 is 0 Å². The van der Waals surface area contributed by atoms with Crippen molar-refractivity contribution in [2.45, 2.75) is 26.7 Å². The Hall–Kier alpha value is -1.10. The number of aromatic hydroxyl groups is 1. The summed E-state index contributed by atoms with van der Waals surface area (Å²) in [6.07, 6.45) is 0. The number of hydrogen-bond donors (Lipinski definition) is 2. The number of methoxy groups -OCH3 is 2. The minimum Gasteiger partial charge on any atom is -0.507 e. The van der Waals surface area contributed by atoms with Gasteiger partial charge < -0.3 is 19.7 Å². The van der Waals surface area contributed by atoms with E-state index in [9.17, 15) is 10.2 Å². The Morgan fingerprint density at radius 1 is 1.12 bits per heavy atom. The molecular formula is C12H18O4. The summed E-state index contributed by atoms with van der Waals surface area (Å²) in [4.78, 5) is 0. The van der Waals surface area contributed by atoms with Crippen LogP contribution in [0, 0.1) is 6.92 Å². The molecule has 1 aromatic rings. The number of phenolic OH excluding ortho intramolecular Hbond substituents is 1. The Morgan fingerprint density at radius 3 is 2.25 bits per heavy atom. The van der Waals surface area contributed by atoms with Crippen molar-refractivity contribution in [3.8, 4) is 5.75 Å². The lowest BCUT2D eigenvalue weighted by molar-refractivity contribution is 0.171. The number of rotatable bonds is 5. The molecule has 4 heteroatoms. The van der Waals surface area contributed by atoms with Gasteiger partial charge in [-0.05, 0) is 24.1 Å². The van der Waals surface area contributed by atoms with E-state index in [2.05, 4.69) is 0 Å². The van der Waals surface area contributed by atoms with Gasteiger partial charge in [-0.2, -0.15) is 0 Å². The number of aliphatic hydroxyl groups is 1. The van der Waals surface area contributed by atoms with Crippen LogP contribution in [-0.2, 0) is 29.3 Å². The predicted molar refractivity (Wildman–Crippen MR) is 60.2 cm³/mol. The lowest BCUT2D eigenvalue weighted by atomic mass is 9.98. The second kappa shape index (κ2) is 5.84. The number of phenols is 1. The molecule has 16 heavy (non-hydrogen) atoms. The highest BCUT2D eigenvalue weighted by Crippen LogP contribution is 2.30. The highest BCUT2D eigenvalue weighted by Gasteiger charge is 2.14. The average molecular weight is 226 g/mol. The Labute approximate surface area is 95.4 Å². The van der Waals surface area contributed by atoms with Crippen LogP contribution in [0.25, 0.3) is 0 Å². The van der Waals surface area contributed by atoms with Gasteiger partial charge in [0.1, 0.15) is 5.75 Å². The topological polar surface area (TPSA) is 58.9 Å². The van der Waals surface area contributed by atoms with E-state index < -0.39 is 0 Å². The molecule has 0 spiro atoms. The molecular weight excluding hydrogens is 208 g/mol.